The Morgan fingerprint density at radius 3 is 2.94 bits per heavy atom. The Bertz CT molecular complexity index is 665. The largest absolute Gasteiger partial charge is 0.396 e. The molecule has 17 heavy (non-hydrogen) atoms. The predicted molar refractivity (Wildman–Crippen MR) is 64.3 cm³/mol. The molecule has 2 N–H and O–H groups in total. The van der Waals surface area contributed by atoms with Crippen molar-refractivity contribution in [2.75, 3.05) is 5.73 Å². The molecule has 0 radical (unpaired) electrons. The summed E-state index contributed by atoms with van der Waals surface area (Å²) in [4.78, 5) is 8.63. The van der Waals surface area contributed by atoms with Crippen molar-refractivity contribution in [1.29, 1.82) is 0 Å². The second-order valence-electron chi connectivity index (χ2n) is 3.92. The summed E-state index contributed by atoms with van der Waals surface area (Å²) < 4.78 is 3.78. The number of pyridine rings is 1. The molecule has 0 bridgehead atoms. The highest BCUT2D eigenvalue weighted by molar-refractivity contribution is 5.74. The van der Waals surface area contributed by atoms with Gasteiger partial charge in [0.2, 0.25) is 0 Å². The number of nitrogen functional groups attached to an aromatic ring is 1. The highest BCUT2D eigenvalue weighted by atomic mass is 15.3. The normalized spacial score (nSPS) is 11.1. The van der Waals surface area contributed by atoms with Gasteiger partial charge in [0.1, 0.15) is 5.82 Å². The van der Waals surface area contributed by atoms with E-state index in [9.17, 15) is 0 Å². The van der Waals surface area contributed by atoms with Crippen LogP contribution in [0.4, 0.5) is 5.69 Å². The van der Waals surface area contributed by atoms with E-state index in [0.717, 1.165) is 16.9 Å². The van der Waals surface area contributed by atoms with Gasteiger partial charge in [0.25, 0.3) is 0 Å². The quantitative estimate of drug-likeness (QED) is 0.703. The van der Waals surface area contributed by atoms with Gasteiger partial charge in [-0.1, -0.05) is 0 Å². The molecule has 0 saturated heterocycles. The Kier molecular flexibility index (Phi) is 2.07. The highest BCUT2D eigenvalue weighted by Gasteiger charge is 2.08. The summed E-state index contributed by atoms with van der Waals surface area (Å²) >= 11 is 0. The SMILES string of the molecule is Cn1c(Cn2cc(N)cn2)nc2ccncc21. The Balaban J connectivity index is 2.03. The highest BCUT2D eigenvalue weighted by Crippen LogP contribution is 2.13. The lowest BCUT2D eigenvalue weighted by Gasteiger charge is -2.01. The van der Waals surface area contributed by atoms with Crippen LogP contribution in [0.1, 0.15) is 5.82 Å². The van der Waals surface area contributed by atoms with Crippen molar-refractivity contribution in [2.24, 2.45) is 7.05 Å². The van der Waals surface area contributed by atoms with Crippen LogP contribution in [0.2, 0.25) is 0 Å². The molecule has 3 aromatic rings. The second-order valence-corrected chi connectivity index (χ2v) is 3.92. The maximum atomic E-state index is 5.62. The number of aromatic nitrogens is 5. The summed E-state index contributed by atoms with van der Waals surface area (Å²) in [6.07, 6.45) is 6.97. The van der Waals surface area contributed by atoms with Gasteiger partial charge in [-0.3, -0.25) is 9.67 Å². The van der Waals surface area contributed by atoms with Gasteiger partial charge in [0.15, 0.2) is 0 Å². The van der Waals surface area contributed by atoms with Gasteiger partial charge in [-0.2, -0.15) is 5.10 Å². The van der Waals surface area contributed by atoms with E-state index in [4.69, 9.17) is 5.73 Å². The number of nitrogens with two attached hydrogens (primary N) is 1. The Morgan fingerprint density at radius 2 is 2.24 bits per heavy atom. The molecule has 6 nitrogen and oxygen atoms in total. The molecule has 86 valence electrons. The minimum absolute atomic E-state index is 0.600. The van der Waals surface area contributed by atoms with E-state index < -0.39 is 0 Å². The van der Waals surface area contributed by atoms with E-state index in [2.05, 4.69) is 15.1 Å². The number of imidazole rings is 1. The monoisotopic (exact) mass is 228 g/mol. The topological polar surface area (TPSA) is 74.5 Å². The number of nitrogens with zero attached hydrogens (tertiary/aromatic N) is 5. The molecule has 0 atom stereocenters. The van der Waals surface area contributed by atoms with Crippen molar-refractivity contribution in [3.05, 3.63) is 36.7 Å². The minimum Gasteiger partial charge on any atom is -0.396 e. The fourth-order valence-corrected chi connectivity index (χ4v) is 1.84. The van der Waals surface area contributed by atoms with Gasteiger partial charge in [0.05, 0.1) is 35.7 Å². The van der Waals surface area contributed by atoms with Crippen LogP contribution in [0.3, 0.4) is 0 Å². The lowest BCUT2D eigenvalue weighted by Crippen LogP contribution is -2.06. The van der Waals surface area contributed by atoms with Gasteiger partial charge in [-0.25, -0.2) is 4.98 Å². The summed E-state index contributed by atoms with van der Waals surface area (Å²) in [5, 5.41) is 4.15. The van der Waals surface area contributed by atoms with Crippen molar-refractivity contribution in [1.82, 2.24) is 24.3 Å². The van der Waals surface area contributed by atoms with Crippen molar-refractivity contribution in [3.8, 4) is 0 Å². The first kappa shape index (κ1) is 9.83. The van der Waals surface area contributed by atoms with Crippen molar-refractivity contribution in [3.63, 3.8) is 0 Å². The van der Waals surface area contributed by atoms with Crippen LogP contribution in [0.25, 0.3) is 11.0 Å². The number of anilines is 1. The first-order valence-electron chi connectivity index (χ1n) is 5.27. The third-order valence-electron chi connectivity index (χ3n) is 2.73. The summed E-state index contributed by atoms with van der Waals surface area (Å²) in [5.41, 5.74) is 8.24. The van der Waals surface area contributed by atoms with Crippen LogP contribution in [-0.2, 0) is 13.6 Å². The number of rotatable bonds is 2. The predicted octanol–water partition coefficient (Wildman–Crippen LogP) is 0.795. The lowest BCUT2D eigenvalue weighted by molar-refractivity contribution is 0.636. The zero-order valence-corrected chi connectivity index (χ0v) is 9.41. The van der Waals surface area contributed by atoms with Crippen molar-refractivity contribution >= 4 is 16.7 Å². The fraction of sp³-hybridized carbons (Fsp3) is 0.182. The van der Waals surface area contributed by atoms with Gasteiger partial charge in [-0.15, -0.1) is 0 Å². The second kappa shape index (κ2) is 3.58. The van der Waals surface area contributed by atoms with Gasteiger partial charge < -0.3 is 10.3 Å². The van der Waals surface area contributed by atoms with Crippen LogP contribution >= 0.6 is 0 Å². The van der Waals surface area contributed by atoms with Crippen LogP contribution in [0, 0.1) is 0 Å². The smallest absolute Gasteiger partial charge is 0.131 e. The van der Waals surface area contributed by atoms with E-state index in [1.54, 1.807) is 23.3 Å². The number of aryl methyl sites for hydroxylation is 1. The number of fused-ring (bicyclic) bond motifs is 1. The molecule has 0 aliphatic rings. The Hall–Kier alpha value is -2.37. The maximum absolute atomic E-state index is 5.62. The third-order valence-corrected chi connectivity index (χ3v) is 2.73. The van der Waals surface area contributed by atoms with E-state index in [1.165, 1.54) is 0 Å². The average Bonchev–Trinajstić information content (AvgIpc) is 2.86. The summed E-state index contributed by atoms with van der Waals surface area (Å²) in [7, 11) is 1.97. The Labute approximate surface area is 97.7 Å². The standard InChI is InChI=1S/C11H12N6/c1-16-10-5-13-3-2-9(10)15-11(16)7-17-6-8(12)4-14-17/h2-6H,7,12H2,1H3. The third kappa shape index (κ3) is 1.63. The van der Waals surface area contributed by atoms with Crippen LogP contribution < -0.4 is 5.73 Å². The maximum Gasteiger partial charge on any atom is 0.131 e. The summed E-state index contributed by atoms with van der Waals surface area (Å²) in [6, 6.07) is 1.90. The fourth-order valence-electron chi connectivity index (χ4n) is 1.84. The molecule has 0 fully saturated rings. The van der Waals surface area contributed by atoms with Gasteiger partial charge in [-0.05, 0) is 6.07 Å². The van der Waals surface area contributed by atoms with Crippen LogP contribution in [-0.4, -0.2) is 24.3 Å². The average molecular weight is 228 g/mol. The molecule has 0 unspecified atom stereocenters. The zero-order valence-electron chi connectivity index (χ0n) is 9.41. The van der Waals surface area contributed by atoms with Gasteiger partial charge >= 0.3 is 0 Å². The molecule has 3 aromatic heterocycles. The molecule has 3 rings (SSSR count). The van der Waals surface area contributed by atoms with E-state index in [1.807, 2.05) is 23.9 Å². The molecule has 0 spiro atoms. The molecule has 0 aromatic carbocycles. The first-order valence-corrected chi connectivity index (χ1v) is 5.27. The van der Waals surface area contributed by atoms with E-state index >= 15 is 0 Å². The molecule has 0 amide bonds. The molecule has 0 aliphatic heterocycles. The molecular weight excluding hydrogens is 216 g/mol. The van der Waals surface area contributed by atoms with Crippen LogP contribution in [0.5, 0.6) is 0 Å². The Morgan fingerprint density at radius 1 is 1.35 bits per heavy atom. The van der Waals surface area contributed by atoms with E-state index in [-0.39, 0.29) is 0 Å². The lowest BCUT2D eigenvalue weighted by atomic mass is 10.4. The first-order chi connectivity index (χ1) is 8.24. The molecule has 0 saturated carbocycles. The zero-order chi connectivity index (χ0) is 11.8. The van der Waals surface area contributed by atoms with Crippen molar-refractivity contribution < 1.29 is 0 Å². The minimum atomic E-state index is 0.600. The summed E-state index contributed by atoms with van der Waals surface area (Å²) in [5.74, 6) is 0.927. The number of hydrogen-bond acceptors (Lipinski definition) is 4. The number of hydrogen-bond donors (Lipinski definition) is 1. The molecular formula is C11H12N6. The van der Waals surface area contributed by atoms with E-state index in [0.29, 0.717) is 12.2 Å². The van der Waals surface area contributed by atoms with Gasteiger partial charge in [0, 0.05) is 19.4 Å². The summed E-state index contributed by atoms with van der Waals surface area (Å²) in [6.45, 7) is 0.600. The molecule has 6 heteroatoms. The molecule has 3 heterocycles. The molecule has 0 aliphatic carbocycles. The van der Waals surface area contributed by atoms with Crippen LogP contribution in [0.15, 0.2) is 30.9 Å². The van der Waals surface area contributed by atoms with Crippen molar-refractivity contribution in [2.45, 2.75) is 6.54 Å².